The molecule has 0 radical (unpaired) electrons. The normalized spacial score (nSPS) is 22.8. The number of hydrogen-bond donors (Lipinski definition) is 2. The number of carbonyl (C=O) groups is 1. The Bertz CT molecular complexity index is 1340. The maximum absolute atomic E-state index is 14.1. The van der Waals surface area contributed by atoms with E-state index in [0.717, 1.165) is 45.2 Å². The standard InChI is InChI=1S/C28H35F2N7O3/c29-25(30)26-32-20-5-1-2-6-22(20)37(26)24-16-23(36-12-14-40-15-13-36)33-28(34-24)31-17-18-8-10-35(11-9-18)21-7-3-4-19(21)27(38)39/h1-2,5-6,16,18-19,21,25H,3-4,7-15,17H2,(H,38,39)(H,31,33,34). The summed E-state index contributed by atoms with van der Waals surface area (Å²) in [4.78, 5) is 29.7. The third-order valence-electron chi connectivity index (χ3n) is 8.51. The molecule has 10 nitrogen and oxygen atoms in total. The largest absolute Gasteiger partial charge is 0.481 e. The number of fused-ring (bicyclic) bond motifs is 1. The highest BCUT2D eigenvalue weighted by molar-refractivity contribution is 5.78. The molecule has 0 spiro atoms. The van der Waals surface area contributed by atoms with Gasteiger partial charge in [-0.25, -0.2) is 13.8 Å². The highest BCUT2D eigenvalue weighted by atomic mass is 19.3. The summed E-state index contributed by atoms with van der Waals surface area (Å²) >= 11 is 0. The number of likely N-dealkylation sites (tertiary alicyclic amines) is 1. The van der Waals surface area contributed by atoms with E-state index >= 15 is 0 Å². The summed E-state index contributed by atoms with van der Waals surface area (Å²) in [7, 11) is 0. The van der Waals surface area contributed by atoms with Gasteiger partial charge in [0.25, 0.3) is 6.43 Å². The van der Waals surface area contributed by atoms with Gasteiger partial charge in [-0.3, -0.25) is 14.3 Å². The molecule has 1 saturated carbocycles. The minimum absolute atomic E-state index is 0.136. The van der Waals surface area contributed by atoms with Gasteiger partial charge in [0.05, 0.1) is 30.2 Å². The molecule has 3 aromatic rings. The number of nitrogens with zero attached hydrogens (tertiary/aromatic N) is 6. The molecule has 12 heteroatoms. The molecule has 3 aliphatic rings. The number of nitrogens with one attached hydrogen (secondary N) is 1. The minimum atomic E-state index is -2.77. The average molecular weight is 556 g/mol. The number of piperidine rings is 1. The van der Waals surface area contributed by atoms with Crippen molar-refractivity contribution in [2.75, 3.05) is 56.2 Å². The topological polar surface area (TPSA) is 109 Å². The first-order valence-electron chi connectivity index (χ1n) is 14.2. The summed E-state index contributed by atoms with van der Waals surface area (Å²) in [6.07, 6.45) is 1.83. The molecule has 0 amide bonds. The predicted molar refractivity (Wildman–Crippen MR) is 146 cm³/mol. The van der Waals surface area contributed by atoms with Crippen LogP contribution in [0.2, 0.25) is 0 Å². The maximum Gasteiger partial charge on any atom is 0.308 e. The predicted octanol–water partition coefficient (Wildman–Crippen LogP) is 3.97. The fraction of sp³-hybridized carbons (Fsp3) is 0.571. The molecule has 0 bridgehead atoms. The van der Waals surface area contributed by atoms with Crippen molar-refractivity contribution in [3.8, 4) is 5.82 Å². The van der Waals surface area contributed by atoms with Gasteiger partial charge >= 0.3 is 5.97 Å². The first kappa shape index (κ1) is 26.8. The lowest BCUT2D eigenvalue weighted by atomic mass is 9.93. The van der Waals surface area contributed by atoms with Gasteiger partial charge in [0, 0.05) is 31.7 Å². The second-order valence-corrected chi connectivity index (χ2v) is 10.9. The zero-order valence-electron chi connectivity index (χ0n) is 22.4. The number of halogens is 2. The van der Waals surface area contributed by atoms with Crippen LogP contribution < -0.4 is 10.2 Å². The van der Waals surface area contributed by atoms with Gasteiger partial charge in [0.15, 0.2) is 5.82 Å². The number of carboxylic acids is 1. The van der Waals surface area contributed by atoms with Gasteiger partial charge in [0.1, 0.15) is 11.6 Å². The molecule has 2 saturated heterocycles. The molecule has 2 aliphatic heterocycles. The summed E-state index contributed by atoms with van der Waals surface area (Å²) in [6.45, 7) is 4.85. The lowest BCUT2D eigenvalue weighted by molar-refractivity contribution is -0.143. The monoisotopic (exact) mass is 555 g/mol. The summed E-state index contributed by atoms with van der Waals surface area (Å²) in [5, 5.41) is 13.0. The van der Waals surface area contributed by atoms with Crippen molar-refractivity contribution in [3.05, 3.63) is 36.2 Å². The fourth-order valence-electron chi connectivity index (χ4n) is 6.39. The SMILES string of the molecule is O=C(O)C1CCCC1N1CCC(CNc2nc(N3CCOCC3)cc(-n3c(C(F)F)nc4ccccc43)n2)CC1. The van der Waals surface area contributed by atoms with E-state index in [9.17, 15) is 18.7 Å². The zero-order valence-corrected chi connectivity index (χ0v) is 22.4. The number of morpholine rings is 1. The average Bonchev–Trinajstić information content (AvgIpc) is 3.63. The third-order valence-corrected chi connectivity index (χ3v) is 8.51. The molecule has 6 rings (SSSR count). The highest BCUT2D eigenvalue weighted by Crippen LogP contribution is 2.33. The smallest absolute Gasteiger partial charge is 0.308 e. The van der Waals surface area contributed by atoms with Gasteiger partial charge in [0.2, 0.25) is 5.95 Å². The Kier molecular flexibility index (Phi) is 7.79. The highest BCUT2D eigenvalue weighted by Gasteiger charge is 2.38. The van der Waals surface area contributed by atoms with E-state index < -0.39 is 12.4 Å². The molecule has 2 aromatic heterocycles. The van der Waals surface area contributed by atoms with E-state index in [2.05, 4.69) is 25.1 Å². The summed E-state index contributed by atoms with van der Waals surface area (Å²) in [5.74, 6) is 0.481. The van der Waals surface area contributed by atoms with E-state index in [-0.39, 0.29) is 17.8 Å². The first-order chi connectivity index (χ1) is 19.5. The van der Waals surface area contributed by atoms with Crippen LogP contribution in [0, 0.1) is 11.8 Å². The Balaban J connectivity index is 1.22. The van der Waals surface area contributed by atoms with Crippen LogP contribution in [0.15, 0.2) is 30.3 Å². The Labute approximate surface area is 231 Å². The van der Waals surface area contributed by atoms with Crippen molar-refractivity contribution in [2.24, 2.45) is 11.8 Å². The van der Waals surface area contributed by atoms with Gasteiger partial charge < -0.3 is 20.1 Å². The van der Waals surface area contributed by atoms with Gasteiger partial charge in [-0.2, -0.15) is 9.97 Å². The van der Waals surface area contributed by atoms with Crippen LogP contribution in [0.3, 0.4) is 0 Å². The molecule has 40 heavy (non-hydrogen) atoms. The van der Waals surface area contributed by atoms with Crippen LogP contribution in [-0.2, 0) is 9.53 Å². The van der Waals surface area contributed by atoms with Crippen molar-refractivity contribution in [1.82, 2.24) is 24.4 Å². The van der Waals surface area contributed by atoms with Crippen LogP contribution in [0.4, 0.5) is 20.5 Å². The van der Waals surface area contributed by atoms with Gasteiger partial charge in [-0.15, -0.1) is 0 Å². The summed E-state index contributed by atoms with van der Waals surface area (Å²) in [5.41, 5.74) is 1.05. The van der Waals surface area contributed by atoms with E-state index in [1.54, 1.807) is 30.3 Å². The lowest BCUT2D eigenvalue weighted by Crippen LogP contribution is -2.45. The van der Waals surface area contributed by atoms with Gasteiger partial charge in [-0.05, 0) is 56.8 Å². The number of anilines is 2. The number of benzene rings is 1. The molecule has 2 atom stereocenters. The Morgan fingerprint density at radius 2 is 1.77 bits per heavy atom. The van der Waals surface area contributed by atoms with Crippen LogP contribution in [0.1, 0.15) is 44.4 Å². The maximum atomic E-state index is 14.1. The number of para-hydroxylation sites is 2. The van der Waals surface area contributed by atoms with E-state index in [1.807, 2.05) is 0 Å². The molecule has 214 valence electrons. The molecule has 1 aliphatic carbocycles. The van der Waals surface area contributed by atoms with Crippen molar-refractivity contribution in [2.45, 2.75) is 44.6 Å². The number of aliphatic carboxylic acids is 1. The van der Waals surface area contributed by atoms with Crippen molar-refractivity contribution >= 4 is 28.8 Å². The van der Waals surface area contributed by atoms with Crippen LogP contribution in [-0.4, -0.2) is 87.5 Å². The van der Waals surface area contributed by atoms with E-state index in [4.69, 9.17) is 9.72 Å². The lowest BCUT2D eigenvalue weighted by Gasteiger charge is -2.37. The number of rotatable bonds is 8. The van der Waals surface area contributed by atoms with Crippen molar-refractivity contribution in [3.63, 3.8) is 0 Å². The molecule has 2 N–H and O–H groups in total. The zero-order chi connectivity index (χ0) is 27.6. The summed E-state index contributed by atoms with van der Waals surface area (Å²) in [6, 6.07) is 8.95. The minimum Gasteiger partial charge on any atom is -0.481 e. The van der Waals surface area contributed by atoms with E-state index in [0.29, 0.717) is 67.4 Å². The molecule has 4 heterocycles. The molecule has 1 aromatic carbocycles. The number of ether oxygens (including phenoxy) is 1. The molecular weight excluding hydrogens is 520 g/mol. The summed E-state index contributed by atoms with van der Waals surface area (Å²) < 4.78 is 35.1. The second kappa shape index (κ2) is 11.6. The van der Waals surface area contributed by atoms with Crippen molar-refractivity contribution in [1.29, 1.82) is 0 Å². The van der Waals surface area contributed by atoms with Gasteiger partial charge in [-0.1, -0.05) is 18.6 Å². The van der Waals surface area contributed by atoms with Crippen molar-refractivity contribution < 1.29 is 23.4 Å². The Morgan fingerprint density at radius 3 is 2.52 bits per heavy atom. The first-order valence-corrected chi connectivity index (χ1v) is 14.2. The fourth-order valence-corrected chi connectivity index (χ4v) is 6.39. The molecular formula is C28H35F2N7O3. The number of alkyl halides is 2. The van der Waals surface area contributed by atoms with E-state index in [1.165, 1.54) is 4.57 Å². The number of imidazole rings is 1. The van der Waals surface area contributed by atoms with Crippen LogP contribution in [0.25, 0.3) is 16.9 Å². The van der Waals surface area contributed by atoms with Crippen LogP contribution in [0.5, 0.6) is 0 Å². The Morgan fingerprint density at radius 1 is 1.02 bits per heavy atom. The number of hydrogen-bond acceptors (Lipinski definition) is 8. The van der Waals surface area contributed by atoms with Crippen LogP contribution >= 0.6 is 0 Å². The third kappa shape index (κ3) is 5.46. The molecule has 2 unspecified atom stereocenters. The molecule has 3 fully saturated rings. The number of carboxylic acid groups (broad SMARTS) is 1. The Hall–Kier alpha value is -3.38. The number of aromatic nitrogens is 4. The quantitative estimate of drug-likeness (QED) is 0.427. The second-order valence-electron chi connectivity index (χ2n) is 10.9.